The minimum absolute atomic E-state index is 0.172. The lowest BCUT2D eigenvalue weighted by Crippen LogP contribution is -2.37. The fourth-order valence-corrected chi connectivity index (χ4v) is 4.57. The SMILES string of the molecule is C#CCOc1ccc(C2C3=C(CCCC3=O)N(C)C3=C2C(=O)CCC3)cc1. The molecular formula is C23H23NO3. The Labute approximate surface area is 159 Å². The van der Waals surface area contributed by atoms with Crippen molar-refractivity contribution in [1.29, 1.82) is 0 Å². The summed E-state index contributed by atoms with van der Waals surface area (Å²) in [6, 6.07) is 7.65. The number of carbonyl (C=O) groups excluding carboxylic acids is 2. The Morgan fingerprint density at radius 3 is 2.07 bits per heavy atom. The smallest absolute Gasteiger partial charge is 0.161 e. The zero-order valence-electron chi connectivity index (χ0n) is 15.6. The van der Waals surface area contributed by atoms with Crippen LogP contribution in [0.5, 0.6) is 5.75 Å². The number of carbonyl (C=O) groups is 2. The number of ketones is 2. The minimum Gasteiger partial charge on any atom is -0.481 e. The van der Waals surface area contributed by atoms with Gasteiger partial charge in [0.1, 0.15) is 12.4 Å². The number of Topliss-reactive ketones (excluding diaryl/α,β-unsaturated/α-hetero) is 2. The zero-order chi connectivity index (χ0) is 19.0. The molecule has 27 heavy (non-hydrogen) atoms. The van der Waals surface area contributed by atoms with E-state index < -0.39 is 0 Å². The van der Waals surface area contributed by atoms with Crippen molar-refractivity contribution >= 4 is 11.6 Å². The van der Waals surface area contributed by atoms with Crippen molar-refractivity contribution in [3.05, 3.63) is 52.4 Å². The van der Waals surface area contributed by atoms with E-state index in [0.29, 0.717) is 18.6 Å². The molecule has 1 aromatic rings. The number of allylic oxidation sites excluding steroid dienone is 4. The molecule has 0 aromatic heterocycles. The first kappa shape index (κ1) is 17.6. The van der Waals surface area contributed by atoms with Crippen LogP contribution in [0.25, 0.3) is 0 Å². The summed E-state index contributed by atoms with van der Waals surface area (Å²) < 4.78 is 5.47. The Balaban J connectivity index is 1.82. The third-order valence-electron chi connectivity index (χ3n) is 5.78. The van der Waals surface area contributed by atoms with Crippen molar-refractivity contribution < 1.29 is 14.3 Å². The summed E-state index contributed by atoms with van der Waals surface area (Å²) in [4.78, 5) is 27.9. The average molecular weight is 361 g/mol. The van der Waals surface area contributed by atoms with Gasteiger partial charge in [-0.05, 0) is 43.4 Å². The average Bonchev–Trinajstić information content (AvgIpc) is 2.68. The first-order valence-corrected chi connectivity index (χ1v) is 9.54. The van der Waals surface area contributed by atoms with Crippen molar-refractivity contribution in [3.63, 3.8) is 0 Å². The van der Waals surface area contributed by atoms with E-state index in [-0.39, 0.29) is 24.1 Å². The molecule has 0 saturated carbocycles. The largest absolute Gasteiger partial charge is 0.481 e. The molecule has 4 nitrogen and oxygen atoms in total. The number of hydrogen-bond donors (Lipinski definition) is 0. The molecule has 138 valence electrons. The number of nitrogens with zero attached hydrogens (tertiary/aromatic N) is 1. The van der Waals surface area contributed by atoms with Gasteiger partial charge in [-0.15, -0.1) is 6.42 Å². The van der Waals surface area contributed by atoms with Crippen molar-refractivity contribution in [1.82, 2.24) is 4.90 Å². The Hall–Kier alpha value is -2.80. The van der Waals surface area contributed by atoms with E-state index in [2.05, 4.69) is 10.8 Å². The second-order valence-electron chi connectivity index (χ2n) is 7.33. The predicted octanol–water partition coefficient (Wildman–Crippen LogP) is 3.74. The van der Waals surface area contributed by atoms with Gasteiger partial charge in [-0.2, -0.15) is 0 Å². The van der Waals surface area contributed by atoms with Gasteiger partial charge < -0.3 is 9.64 Å². The molecule has 0 radical (unpaired) electrons. The van der Waals surface area contributed by atoms with Gasteiger partial charge in [-0.25, -0.2) is 0 Å². The van der Waals surface area contributed by atoms with Crippen LogP contribution >= 0.6 is 0 Å². The highest BCUT2D eigenvalue weighted by atomic mass is 16.5. The number of benzene rings is 1. The van der Waals surface area contributed by atoms with Gasteiger partial charge in [0.05, 0.1) is 0 Å². The summed E-state index contributed by atoms with van der Waals surface area (Å²) in [7, 11) is 2.01. The summed E-state index contributed by atoms with van der Waals surface area (Å²) in [6.45, 7) is 0.217. The van der Waals surface area contributed by atoms with Crippen LogP contribution < -0.4 is 4.74 Å². The van der Waals surface area contributed by atoms with Crippen molar-refractivity contribution in [3.8, 4) is 18.1 Å². The Bertz CT molecular complexity index is 855. The van der Waals surface area contributed by atoms with Crippen LogP contribution in [0.15, 0.2) is 46.8 Å². The summed E-state index contributed by atoms with van der Waals surface area (Å²) >= 11 is 0. The molecule has 0 spiro atoms. The van der Waals surface area contributed by atoms with Crippen molar-refractivity contribution in [2.24, 2.45) is 0 Å². The molecule has 4 heteroatoms. The molecule has 0 bridgehead atoms. The second kappa shape index (κ2) is 7.08. The first-order chi connectivity index (χ1) is 13.1. The molecule has 4 rings (SSSR count). The maximum atomic E-state index is 12.9. The van der Waals surface area contributed by atoms with E-state index in [4.69, 9.17) is 11.2 Å². The highest BCUT2D eigenvalue weighted by molar-refractivity contribution is 6.06. The standard InChI is InChI=1S/C23H23NO3/c1-3-14-27-16-12-10-15(11-13-16)21-22-17(6-4-8-19(22)25)24(2)18-7-5-9-20(26)23(18)21/h1,10-13,21H,4-9,14H2,2H3. The Morgan fingerprint density at radius 2 is 1.56 bits per heavy atom. The van der Waals surface area contributed by atoms with E-state index in [1.165, 1.54) is 0 Å². The van der Waals surface area contributed by atoms with Crippen molar-refractivity contribution in [2.75, 3.05) is 13.7 Å². The number of terminal acetylenes is 1. The van der Waals surface area contributed by atoms with Gasteiger partial charge in [0.2, 0.25) is 0 Å². The first-order valence-electron chi connectivity index (χ1n) is 9.54. The number of hydrogen-bond acceptors (Lipinski definition) is 4. The van der Waals surface area contributed by atoms with Gasteiger partial charge >= 0.3 is 0 Å². The van der Waals surface area contributed by atoms with Gasteiger partial charge in [0.15, 0.2) is 11.6 Å². The molecule has 0 saturated heterocycles. The maximum Gasteiger partial charge on any atom is 0.161 e. The quantitative estimate of drug-likeness (QED) is 0.770. The van der Waals surface area contributed by atoms with E-state index in [1.807, 2.05) is 31.3 Å². The second-order valence-corrected chi connectivity index (χ2v) is 7.33. The highest BCUT2D eigenvalue weighted by Crippen LogP contribution is 2.48. The molecule has 0 amide bonds. The van der Waals surface area contributed by atoms with Crippen LogP contribution in [-0.2, 0) is 9.59 Å². The van der Waals surface area contributed by atoms with Gasteiger partial charge in [-0.3, -0.25) is 9.59 Å². The van der Waals surface area contributed by atoms with Gasteiger partial charge in [0.25, 0.3) is 0 Å². The van der Waals surface area contributed by atoms with Crippen LogP contribution in [0, 0.1) is 12.3 Å². The van der Waals surface area contributed by atoms with Crippen LogP contribution in [0.2, 0.25) is 0 Å². The molecule has 0 unspecified atom stereocenters. The van der Waals surface area contributed by atoms with Gasteiger partial charge in [0, 0.05) is 48.3 Å². The third kappa shape index (κ3) is 2.98. The normalized spacial score (nSPS) is 20.4. The fraction of sp³-hybridized carbons (Fsp3) is 0.391. The molecule has 0 atom stereocenters. The van der Waals surface area contributed by atoms with E-state index in [1.54, 1.807) is 0 Å². The highest BCUT2D eigenvalue weighted by Gasteiger charge is 2.42. The molecule has 2 aliphatic carbocycles. The van der Waals surface area contributed by atoms with Gasteiger partial charge in [-0.1, -0.05) is 18.1 Å². The Morgan fingerprint density at radius 1 is 1.00 bits per heavy atom. The zero-order valence-corrected chi connectivity index (χ0v) is 15.6. The molecule has 1 heterocycles. The lowest BCUT2D eigenvalue weighted by molar-refractivity contribution is -0.117. The molecule has 0 fully saturated rings. The monoisotopic (exact) mass is 361 g/mol. The number of rotatable bonds is 3. The third-order valence-corrected chi connectivity index (χ3v) is 5.78. The summed E-state index contributed by atoms with van der Waals surface area (Å²) in [5, 5.41) is 0. The molecular weight excluding hydrogens is 338 g/mol. The van der Waals surface area contributed by atoms with Crippen LogP contribution in [-0.4, -0.2) is 30.1 Å². The summed E-state index contributed by atoms with van der Waals surface area (Å²) in [6.07, 6.45) is 9.90. The summed E-state index contributed by atoms with van der Waals surface area (Å²) in [5.74, 6) is 3.23. The molecule has 3 aliphatic rings. The molecule has 0 N–H and O–H groups in total. The van der Waals surface area contributed by atoms with Crippen LogP contribution in [0.3, 0.4) is 0 Å². The van der Waals surface area contributed by atoms with E-state index in [0.717, 1.165) is 53.8 Å². The molecule has 1 aromatic carbocycles. The van der Waals surface area contributed by atoms with E-state index >= 15 is 0 Å². The lowest BCUT2D eigenvalue weighted by atomic mass is 9.71. The number of ether oxygens (including phenoxy) is 1. The van der Waals surface area contributed by atoms with Crippen molar-refractivity contribution in [2.45, 2.75) is 44.4 Å². The minimum atomic E-state index is -0.256. The maximum absolute atomic E-state index is 12.9. The Kier molecular flexibility index (Phi) is 4.61. The molecule has 1 aliphatic heterocycles. The van der Waals surface area contributed by atoms with Crippen LogP contribution in [0.4, 0.5) is 0 Å². The summed E-state index contributed by atoms with van der Waals surface area (Å²) in [5.41, 5.74) is 4.79. The fourth-order valence-electron chi connectivity index (χ4n) is 4.57. The predicted molar refractivity (Wildman–Crippen MR) is 103 cm³/mol. The topological polar surface area (TPSA) is 46.6 Å². The van der Waals surface area contributed by atoms with Crippen LogP contribution in [0.1, 0.15) is 50.0 Å². The lowest BCUT2D eigenvalue weighted by Gasteiger charge is -2.42. The van der Waals surface area contributed by atoms with E-state index in [9.17, 15) is 9.59 Å².